The van der Waals surface area contributed by atoms with Crippen molar-refractivity contribution in [2.24, 2.45) is 11.7 Å². The first-order valence-corrected chi connectivity index (χ1v) is 7.80. The van der Waals surface area contributed by atoms with Crippen LogP contribution in [-0.2, 0) is 6.54 Å². The molecule has 1 unspecified atom stereocenters. The minimum Gasteiger partial charge on any atom is -0.333 e. The van der Waals surface area contributed by atoms with Crippen molar-refractivity contribution in [1.82, 2.24) is 9.55 Å². The summed E-state index contributed by atoms with van der Waals surface area (Å²) < 4.78 is 2.21. The number of nitrogens with two attached hydrogens (primary N) is 1. The molecule has 1 aromatic rings. The summed E-state index contributed by atoms with van der Waals surface area (Å²) in [5.74, 6) is 1.73. The van der Waals surface area contributed by atoms with E-state index in [0.29, 0.717) is 5.92 Å². The Balaban J connectivity index is 2.41. The van der Waals surface area contributed by atoms with Gasteiger partial charge in [-0.25, -0.2) is 4.98 Å². The van der Waals surface area contributed by atoms with E-state index in [0.717, 1.165) is 6.54 Å². The van der Waals surface area contributed by atoms with Crippen LogP contribution in [0.5, 0.6) is 0 Å². The van der Waals surface area contributed by atoms with E-state index in [1.165, 1.54) is 30.7 Å². The lowest BCUT2D eigenvalue weighted by molar-refractivity contribution is 0.470. The lowest BCUT2D eigenvalue weighted by atomic mass is 10.0. The molecule has 1 atom stereocenters. The average molecular weight is 255 g/mol. The molecule has 0 bridgehead atoms. The lowest BCUT2D eigenvalue weighted by Crippen LogP contribution is -2.20. The van der Waals surface area contributed by atoms with E-state index in [2.05, 4.69) is 29.7 Å². The maximum absolute atomic E-state index is 6.17. The van der Waals surface area contributed by atoms with Gasteiger partial charge in [-0.05, 0) is 30.8 Å². The van der Waals surface area contributed by atoms with E-state index >= 15 is 0 Å². The van der Waals surface area contributed by atoms with Crippen molar-refractivity contribution in [2.75, 3.05) is 12.0 Å². The third kappa shape index (κ3) is 4.72. The second kappa shape index (κ2) is 7.77. The number of hydrogen-bond donors (Lipinski definition) is 1. The third-order valence-corrected chi connectivity index (χ3v) is 3.75. The molecular weight excluding hydrogens is 230 g/mol. The van der Waals surface area contributed by atoms with Crippen molar-refractivity contribution in [3.8, 4) is 0 Å². The molecule has 0 aliphatic heterocycles. The number of aromatic nitrogens is 2. The van der Waals surface area contributed by atoms with Gasteiger partial charge in [-0.2, -0.15) is 11.8 Å². The van der Waals surface area contributed by atoms with Crippen LogP contribution in [0, 0.1) is 5.92 Å². The number of aryl methyl sites for hydroxylation is 1. The molecule has 0 saturated carbocycles. The first kappa shape index (κ1) is 14.6. The average Bonchev–Trinajstić information content (AvgIpc) is 2.76. The summed E-state index contributed by atoms with van der Waals surface area (Å²) in [6, 6.07) is 0.101. The maximum Gasteiger partial charge on any atom is 0.0948 e. The highest BCUT2D eigenvalue weighted by Gasteiger charge is 2.14. The van der Waals surface area contributed by atoms with Crippen molar-refractivity contribution < 1.29 is 0 Å². The summed E-state index contributed by atoms with van der Waals surface area (Å²) >= 11 is 1.92. The Morgan fingerprint density at radius 3 is 2.76 bits per heavy atom. The van der Waals surface area contributed by atoms with Gasteiger partial charge in [0.2, 0.25) is 0 Å². The molecule has 1 heterocycles. The fourth-order valence-corrected chi connectivity index (χ4v) is 2.34. The summed E-state index contributed by atoms with van der Waals surface area (Å²) in [4.78, 5) is 4.22. The first-order chi connectivity index (χ1) is 8.16. The molecule has 0 radical (unpaired) electrons. The van der Waals surface area contributed by atoms with Gasteiger partial charge >= 0.3 is 0 Å². The van der Waals surface area contributed by atoms with E-state index in [9.17, 15) is 0 Å². The topological polar surface area (TPSA) is 43.8 Å². The van der Waals surface area contributed by atoms with Crippen LogP contribution in [0.3, 0.4) is 0 Å². The molecule has 17 heavy (non-hydrogen) atoms. The number of imidazole rings is 1. The van der Waals surface area contributed by atoms with Gasteiger partial charge in [-0.15, -0.1) is 0 Å². The van der Waals surface area contributed by atoms with Crippen molar-refractivity contribution in [3.05, 3.63) is 18.2 Å². The quantitative estimate of drug-likeness (QED) is 0.726. The van der Waals surface area contributed by atoms with Gasteiger partial charge in [0.05, 0.1) is 12.0 Å². The fraction of sp³-hybridized carbons (Fsp3) is 0.769. The van der Waals surface area contributed by atoms with Crippen molar-refractivity contribution in [2.45, 2.75) is 45.7 Å². The summed E-state index contributed by atoms with van der Waals surface area (Å²) in [7, 11) is 0. The molecule has 2 N–H and O–H groups in total. The molecule has 3 nitrogen and oxygen atoms in total. The Kier molecular flexibility index (Phi) is 6.66. The van der Waals surface area contributed by atoms with E-state index in [-0.39, 0.29) is 6.04 Å². The van der Waals surface area contributed by atoms with Crippen LogP contribution in [0.25, 0.3) is 0 Å². The number of nitrogens with zero attached hydrogens (tertiary/aromatic N) is 2. The molecule has 0 aromatic carbocycles. The smallest absolute Gasteiger partial charge is 0.0948 e. The minimum absolute atomic E-state index is 0.101. The molecule has 0 saturated heterocycles. The molecule has 0 spiro atoms. The van der Waals surface area contributed by atoms with Crippen LogP contribution in [0.15, 0.2) is 12.5 Å². The highest BCUT2D eigenvalue weighted by Crippen LogP contribution is 2.18. The molecule has 0 amide bonds. The molecule has 98 valence electrons. The summed E-state index contributed by atoms with van der Waals surface area (Å²) in [5.41, 5.74) is 7.34. The molecule has 0 fully saturated rings. The van der Waals surface area contributed by atoms with Gasteiger partial charge in [-0.3, -0.25) is 0 Å². The Labute approximate surface area is 109 Å². The van der Waals surface area contributed by atoms with Crippen LogP contribution < -0.4 is 5.73 Å². The van der Waals surface area contributed by atoms with Crippen molar-refractivity contribution in [1.29, 1.82) is 0 Å². The van der Waals surface area contributed by atoms with E-state index in [1.54, 1.807) is 0 Å². The number of thioether (sulfide) groups is 1. The Bertz CT molecular complexity index is 309. The standard InChI is InChI=1S/C13H25N3S/c1-11(2)13(14)12-9-15-10-16(12)7-5-4-6-8-17-3/h9-11,13H,4-8,14H2,1-3H3. The summed E-state index contributed by atoms with van der Waals surface area (Å²) in [6.07, 6.45) is 9.79. The lowest BCUT2D eigenvalue weighted by Gasteiger charge is -2.17. The normalized spacial score (nSPS) is 13.2. The summed E-state index contributed by atoms with van der Waals surface area (Å²) in [5, 5.41) is 0. The highest BCUT2D eigenvalue weighted by molar-refractivity contribution is 7.98. The second-order valence-electron chi connectivity index (χ2n) is 4.84. The second-order valence-corrected chi connectivity index (χ2v) is 5.82. The van der Waals surface area contributed by atoms with Crippen LogP contribution >= 0.6 is 11.8 Å². The van der Waals surface area contributed by atoms with Gasteiger partial charge in [0.15, 0.2) is 0 Å². The Morgan fingerprint density at radius 1 is 1.35 bits per heavy atom. The van der Waals surface area contributed by atoms with Crippen LogP contribution in [-0.4, -0.2) is 21.6 Å². The van der Waals surface area contributed by atoms with E-state index < -0.39 is 0 Å². The predicted octanol–water partition coefficient (Wildman–Crippen LogP) is 3.07. The minimum atomic E-state index is 0.101. The van der Waals surface area contributed by atoms with Crippen LogP contribution in [0.2, 0.25) is 0 Å². The Hall–Kier alpha value is -0.480. The van der Waals surface area contributed by atoms with Crippen molar-refractivity contribution >= 4 is 11.8 Å². The molecular formula is C13H25N3S. The van der Waals surface area contributed by atoms with E-state index in [1.807, 2.05) is 24.3 Å². The number of unbranched alkanes of at least 4 members (excludes halogenated alkanes) is 2. The van der Waals surface area contributed by atoms with Gasteiger partial charge < -0.3 is 10.3 Å². The third-order valence-electron chi connectivity index (χ3n) is 3.05. The maximum atomic E-state index is 6.17. The van der Waals surface area contributed by atoms with Gasteiger partial charge in [0, 0.05) is 18.8 Å². The SMILES string of the molecule is CSCCCCCn1cncc1C(N)C(C)C. The molecule has 1 rings (SSSR count). The summed E-state index contributed by atoms with van der Waals surface area (Å²) in [6.45, 7) is 5.35. The molecule has 0 aliphatic rings. The number of rotatable bonds is 8. The highest BCUT2D eigenvalue weighted by atomic mass is 32.2. The molecule has 1 aromatic heterocycles. The van der Waals surface area contributed by atoms with Gasteiger partial charge in [0.1, 0.15) is 0 Å². The fourth-order valence-electron chi connectivity index (χ4n) is 1.84. The van der Waals surface area contributed by atoms with Crippen LogP contribution in [0.4, 0.5) is 0 Å². The monoisotopic (exact) mass is 255 g/mol. The molecule has 4 heteroatoms. The van der Waals surface area contributed by atoms with Crippen LogP contribution in [0.1, 0.15) is 44.8 Å². The van der Waals surface area contributed by atoms with E-state index in [4.69, 9.17) is 5.73 Å². The first-order valence-electron chi connectivity index (χ1n) is 6.41. The molecule has 0 aliphatic carbocycles. The largest absolute Gasteiger partial charge is 0.333 e. The predicted molar refractivity (Wildman–Crippen MR) is 76.2 cm³/mol. The zero-order valence-corrected chi connectivity index (χ0v) is 12.0. The van der Waals surface area contributed by atoms with Crippen molar-refractivity contribution in [3.63, 3.8) is 0 Å². The zero-order valence-electron chi connectivity index (χ0n) is 11.2. The van der Waals surface area contributed by atoms with Gasteiger partial charge in [-0.1, -0.05) is 20.3 Å². The zero-order chi connectivity index (χ0) is 12.7. The van der Waals surface area contributed by atoms with Gasteiger partial charge in [0.25, 0.3) is 0 Å². The Morgan fingerprint density at radius 2 is 2.12 bits per heavy atom. The number of hydrogen-bond acceptors (Lipinski definition) is 3.